The molecule has 84 valence electrons. The molecule has 0 aliphatic carbocycles. The molecule has 0 bridgehead atoms. The van der Waals surface area contributed by atoms with Gasteiger partial charge in [-0.1, -0.05) is 13.3 Å². The van der Waals surface area contributed by atoms with Crippen molar-refractivity contribution < 1.29 is 9.50 Å². The van der Waals surface area contributed by atoms with Crippen LogP contribution in [0.3, 0.4) is 0 Å². The lowest BCUT2D eigenvalue weighted by molar-refractivity contribution is 0.301. The van der Waals surface area contributed by atoms with Gasteiger partial charge in [0.2, 0.25) is 5.95 Å². The molecular formula is C10H16FN3O. The van der Waals surface area contributed by atoms with Crippen LogP contribution in [0.5, 0.6) is 0 Å². The lowest BCUT2D eigenvalue weighted by Gasteiger charge is -2.20. The van der Waals surface area contributed by atoms with Crippen molar-refractivity contribution in [1.82, 2.24) is 9.97 Å². The first-order valence-electron chi connectivity index (χ1n) is 5.11. The summed E-state index contributed by atoms with van der Waals surface area (Å²) in [6, 6.07) is 0. The zero-order valence-electron chi connectivity index (χ0n) is 8.86. The molecule has 1 aromatic heterocycles. The number of halogens is 1. The summed E-state index contributed by atoms with van der Waals surface area (Å²) in [4.78, 5) is 9.61. The standard InChI is InChI=1S/C10H16FN3O/c1-2-3-4-14(5-6-15)10-12-7-9(11)8-13-10/h7-8,15H,2-6H2,1H3. The first-order valence-corrected chi connectivity index (χ1v) is 5.11. The van der Waals surface area contributed by atoms with E-state index in [2.05, 4.69) is 16.9 Å². The Labute approximate surface area is 88.8 Å². The van der Waals surface area contributed by atoms with Gasteiger partial charge in [0.1, 0.15) is 0 Å². The molecule has 0 aliphatic heterocycles. The van der Waals surface area contributed by atoms with E-state index in [1.165, 1.54) is 0 Å². The van der Waals surface area contributed by atoms with Gasteiger partial charge in [-0.2, -0.15) is 0 Å². The first-order chi connectivity index (χ1) is 7.27. The average Bonchev–Trinajstić information content (AvgIpc) is 2.25. The van der Waals surface area contributed by atoms with Crippen LogP contribution in [-0.2, 0) is 0 Å². The van der Waals surface area contributed by atoms with Gasteiger partial charge in [-0.05, 0) is 6.42 Å². The number of aromatic nitrogens is 2. The van der Waals surface area contributed by atoms with Crippen molar-refractivity contribution >= 4 is 5.95 Å². The summed E-state index contributed by atoms with van der Waals surface area (Å²) in [6.45, 7) is 3.39. The summed E-state index contributed by atoms with van der Waals surface area (Å²) in [7, 11) is 0. The molecule has 1 rings (SSSR count). The van der Waals surface area contributed by atoms with Crippen LogP contribution in [0.1, 0.15) is 19.8 Å². The molecule has 0 amide bonds. The summed E-state index contributed by atoms with van der Waals surface area (Å²) >= 11 is 0. The monoisotopic (exact) mass is 213 g/mol. The molecule has 0 aromatic carbocycles. The Balaban J connectivity index is 2.65. The molecule has 0 unspecified atom stereocenters. The first kappa shape index (κ1) is 11.8. The fraction of sp³-hybridized carbons (Fsp3) is 0.600. The third kappa shape index (κ3) is 3.79. The summed E-state index contributed by atoms with van der Waals surface area (Å²) in [5.41, 5.74) is 0. The zero-order chi connectivity index (χ0) is 11.1. The normalized spacial score (nSPS) is 10.3. The van der Waals surface area contributed by atoms with Crippen LogP contribution in [0, 0.1) is 5.82 Å². The molecule has 0 atom stereocenters. The Hall–Kier alpha value is -1.23. The average molecular weight is 213 g/mol. The lowest BCUT2D eigenvalue weighted by atomic mass is 10.3. The molecule has 0 radical (unpaired) electrons. The molecule has 0 saturated heterocycles. The highest BCUT2D eigenvalue weighted by Crippen LogP contribution is 2.07. The second-order valence-electron chi connectivity index (χ2n) is 3.27. The molecule has 0 saturated carbocycles. The third-order valence-electron chi connectivity index (χ3n) is 2.04. The van der Waals surface area contributed by atoms with Crippen molar-refractivity contribution in [2.75, 3.05) is 24.6 Å². The molecule has 0 spiro atoms. The predicted octanol–water partition coefficient (Wildman–Crippen LogP) is 1.21. The summed E-state index contributed by atoms with van der Waals surface area (Å²) < 4.78 is 12.6. The maximum absolute atomic E-state index is 12.6. The van der Waals surface area contributed by atoms with Gasteiger partial charge in [0.05, 0.1) is 19.0 Å². The van der Waals surface area contributed by atoms with E-state index in [1.54, 1.807) is 0 Å². The number of hydrogen-bond acceptors (Lipinski definition) is 4. The number of aliphatic hydroxyl groups excluding tert-OH is 1. The van der Waals surface area contributed by atoms with Crippen molar-refractivity contribution in [2.24, 2.45) is 0 Å². The highest BCUT2D eigenvalue weighted by atomic mass is 19.1. The third-order valence-corrected chi connectivity index (χ3v) is 2.04. The Morgan fingerprint density at radius 1 is 1.33 bits per heavy atom. The molecule has 4 nitrogen and oxygen atoms in total. The molecular weight excluding hydrogens is 197 g/mol. The van der Waals surface area contributed by atoms with Crippen LogP contribution >= 0.6 is 0 Å². The highest BCUT2D eigenvalue weighted by molar-refractivity contribution is 5.28. The zero-order valence-corrected chi connectivity index (χ0v) is 8.86. The van der Waals surface area contributed by atoms with Crippen LogP contribution in [0.25, 0.3) is 0 Å². The molecule has 0 aliphatic rings. The van der Waals surface area contributed by atoms with Gasteiger partial charge in [0.25, 0.3) is 0 Å². The lowest BCUT2D eigenvalue weighted by Crippen LogP contribution is -2.29. The van der Waals surface area contributed by atoms with Crippen LogP contribution < -0.4 is 4.90 Å². The molecule has 1 aromatic rings. The number of hydrogen-bond donors (Lipinski definition) is 1. The molecule has 1 N–H and O–H groups in total. The minimum atomic E-state index is -0.446. The van der Waals surface area contributed by atoms with Crippen molar-refractivity contribution in [3.8, 4) is 0 Å². The van der Waals surface area contributed by atoms with E-state index < -0.39 is 5.82 Å². The second-order valence-corrected chi connectivity index (χ2v) is 3.27. The quantitative estimate of drug-likeness (QED) is 0.771. The van der Waals surface area contributed by atoms with E-state index in [-0.39, 0.29) is 6.61 Å². The maximum atomic E-state index is 12.6. The Kier molecular flexibility index (Phi) is 4.97. The van der Waals surface area contributed by atoms with E-state index in [1.807, 2.05) is 4.90 Å². The van der Waals surface area contributed by atoms with E-state index in [4.69, 9.17) is 5.11 Å². The van der Waals surface area contributed by atoms with Crippen molar-refractivity contribution in [2.45, 2.75) is 19.8 Å². The maximum Gasteiger partial charge on any atom is 0.225 e. The minimum Gasteiger partial charge on any atom is -0.395 e. The van der Waals surface area contributed by atoms with Gasteiger partial charge < -0.3 is 10.0 Å². The number of unbranched alkanes of at least 4 members (excludes halogenated alkanes) is 1. The van der Waals surface area contributed by atoms with E-state index in [0.717, 1.165) is 31.8 Å². The van der Waals surface area contributed by atoms with E-state index in [9.17, 15) is 4.39 Å². The molecule has 1 heterocycles. The Morgan fingerprint density at radius 2 is 2.00 bits per heavy atom. The van der Waals surface area contributed by atoms with E-state index >= 15 is 0 Å². The fourth-order valence-electron chi connectivity index (χ4n) is 1.25. The highest BCUT2D eigenvalue weighted by Gasteiger charge is 2.07. The van der Waals surface area contributed by atoms with Crippen molar-refractivity contribution in [3.63, 3.8) is 0 Å². The SMILES string of the molecule is CCCCN(CCO)c1ncc(F)cn1. The summed E-state index contributed by atoms with van der Waals surface area (Å²) in [5, 5.41) is 8.88. The summed E-state index contributed by atoms with van der Waals surface area (Å²) in [5.74, 6) is 0.0251. The van der Waals surface area contributed by atoms with Crippen molar-refractivity contribution in [1.29, 1.82) is 0 Å². The minimum absolute atomic E-state index is 0.0461. The second kappa shape index (κ2) is 6.29. The van der Waals surface area contributed by atoms with Gasteiger partial charge >= 0.3 is 0 Å². The smallest absolute Gasteiger partial charge is 0.225 e. The van der Waals surface area contributed by atoms with Crippen LogP contribution in [-0.4, -0.2) is 34.8 Å². The van der Waals surface area contributed by atoms with Gasteiger partial charge in [-0.3, -0.25) is 0 Å². The molecule has 5 heteroatoms. The molecule has 15 heavy (non-hydrogen) atoms. The van der Waals surface area contributed by atoms with Gasteiger partial charge in [0, 0.05) is 13.1 Å². The van der Waals surface area contributed by atoms with Gasteiger partial charge in [0.15, 0.2) is 5.82 Å². The molecule has 0 fully saturated rings. The number of nitrogens with zero attached hydrogens (tertiary/aromatic N) is 3. The van der Waals surface area contributed by atoms with Crippen LogP contribution in [0.2, 0.25) is 0 Å². The Morgan fingerprint density at radius 3 is 2.53 bits per heavy atom. The van der Waals surface area contributed by atoms with Crippen LogP contribution in [0.15, 0.2) is 12.4 Å². The largest absolute Gasteiger partial charge is 0.395 e. The Bertz CT molecular complexity index is 279. The van der Waals surface area contributed by atoms with Gasteiger partial charge in [-0.25, -0.2) is 14.4 Å². The number of aliphatic hydroxyl groups is 1. The number of rotatable bonds is 6. The number of anilines is 1. The summed E-state index contributed by atoms with van der Waals surface area (Å²) in [6.07, 6.45) is 4.33. The topological polar surface area (TPSA) is 49.2 Å². The predicted molar refractivity (Wildman–Crippen MR) is 56.2 cm³/mol. The van der Waals surface area contributed by atoms with Crippen LogP contribution in [0.4, 0.5) is 10.3 Å². The fourth-order valence-corrected chi connectivity index (χ4v) is 1.25. The van der Waals surface area contributed by atoms with E-state index in [0.29, 0.717) is 12.5 Å². The van der Waals surface area contributed by atoms with Gasteiger partial charge in [-0.15, -0.1) is 0 Å². The van der Waals surface area contributed by atoms with Crippen molar-refractivity contribution in [3.05, 3.63) is 18.2 Å².